The minimum absolute atomic E-state index is 0. The molecule has 5 heteroatoms. The first-order chi connectivity index (χ1) is 4.35. The summed E-state index contributed by atoms with van der Waals surface area (Å²) in [4.78, 5) is 0. The summed E-state index contributed by atoms with van der Waals surface area (Å²) in [6, 6.07) is 0.201. The molecule has 0 spiro atoms. The number of hydrogen-bond donors (Lipinski definition) is 1. The lowest BCUT2D eigenvalue weighted by molar-refractivity contribution is 0.625. The number of hydrogen-bond acceptors (Lipinski definition) is 1. The van der Waals surface area contributed by atoms with Crippen molar-refractivity contribution >= 4 is 47.2 Å². The van der Waals surface area contributed by atoms with Crippen LogP contribution in [-0.2, 0) is 0 Å². The third kappa shape index (κ3) is 7.23. The molecule has 0 heterocycles. The van der Waals surface area contributed by atoms with Gasteiger partial charge in [0.05, 0.1) is 0 Å². The quantitative estimate of drug-likeness (QED) is 0.709. The van der Waals surface area contributed by atoms with Crippen LogP contribution in [0.2, 0.25) is 0 Å². The van der Waals surface area contributed by atoms with Crippen LogP contribution in [0.15, 0.2) is 0 Å². The predicted molar refractivity (Wildman–Crippen MR) is 51.2 cm³/mol. The van der Waals surface area contributed by atoms with E-state index in [1.165, 1.54) is 0 Å². The molecule has 0 bridgehead atoms. The Labute approximate surface area is 82.8 Å². The van der Waals surface area contributed by atoms with E-state index in [0.717, 1.165) is 6.54 Å². The second-order valence-electron chi connectivity index (χ2n) is 1.65. The molecular weight excluding hydrogens is 216 g/mol. The first-order valence-corrected chi connectivity index (χ1v) is 4.36. The minimum Gasteiger partial charge on any atom is -0.310 e. The van der Waals surface area contributed by atoms with Crippen LogP contribution in [0.3, 0.4) is 0 Å². The third-order valence-electron chi connectivity index (χ3n) is 0.900. The van der Waals surface area contributed by atoms with Crippen molar-refractivity contribution in [1.82, 2.24) is 5.32 Å². The fourth-order valence-electron chi connectivity index (χ4n) is 0.409. The Morgan fingerprint density at radius 1 is 1.10 bits per heavy atom. The summed E-state index contributed by atoms with van der Waals surface area (Å²) in [5, 5.41) is 3.07. The first-order valence-electron chi connectivity index (χ1n) is 2.76. The molecular formula is C5H11Cl4N. The lowest BCUT2D eigenvalue weighted by Gasteiger charge is -2.09. The van der Waals surface area contributed by atoms with Crippen LogP contribution >= 0.6 is 47.2 Å². The summed E-state index contributed by atoms with van der Waals surface area (Å²) in [6.07, 6.45) is 0. The van der Waals surface area contributed by atoms with Gasteiger partial charge in [-0.25, -0.2) is 0 Å². The van der Waals surface area contributed by atoms with Gasteiger partial charge in [0.15, 0.2) is 0 Å². The van der Waals surface area contributed by atoms with Gasteiger partial charge < -0.3 is 5.32 Å². The molecule has 0 fully saturated rings. The van der Waals surface area contributed by atoms with Gasteiger partial charge in [-0.15, -0.1) is 47.2 Å². The van der Waals surface area contributed by atoms with E-state index in [1.54, 1.807) is 0 Å². The molecule has 0 aromatic heterocycles. The average Bonchev–Trinajstić information content (AvgIpc) is 1.91. The maximum Gasteiger partial charge on any atom is 0.0389 e. The van der Waals surface area contributed by atoms with Crippen molar-refractivity contribution in [2.75, 3.05) is 24.2 Å². The smallest absolute Gasteiger partial charge is 0.0389 e. The predicted octanol–water partition coefficient (Wildman–Crippen LogP) is 2.08. The molecule has 1 N–H and O–H groups in total. The zero-order valence-corrected chi connectivity index (χ0v) is 8.53. The van der Waals surface area contributed by atoms with Crippen molar-refractivity contribution in [3.63, 3.8) is 0 Å². The molecule has 0 aliphatic carbocycles. The molecule has 0 rings (SSSR count). The van der Waals surface area contributed by atoms with Gasteiger partial charge in [0.2, 0.25) is 0 Å². The lowest BCUT2D eigenvalue weighted by atomic mass is 10.4. The molecule has 64 valence electrons. The summed E-state index contributed by atoms with van der Waals surface area (Å²) in [5.74, 6) is 1.69. The van der Waals surface area contributed by atoms with Crippen LogP contribution in [0.5, 0.6) is 0 Å². The van der Waals surface area contributed by atoms with Crippen molar-refractivity contribution in [3.8, 4) is 0 Å². The highest BCUT2D eigenvalue weighted by Crippen LogP contribution is 1.91. The second kappa shape index (κ2) is 10.1. The van der Waals surface area contributed by atoms with E-state index in [9.17, 15) is 0 Å². The molecule has 0 atom stereocenters. The zero-order chi connectivity index (χ0) is 7.11. The fourth-order valence-corrected chi connectivity index (χ4v) is 1.07. The molecule has 0 amide bonds. The average molecular weight is 227 g/mol. The Balaban J connectivity index is 0. The van der Waals surface area contributed by atoms with Crippen molar-refractivity contribution < 1.29 is 0 Å². The Bertz CT molecular complexity index is 57.6. The van der Waals surface area contributed by atoms with Gasteiger partial charge in [0, 0.05) is 30.2 Å². The third-order valence-corrected chi connectivity index (χ3v) is 1.83. The molecule has 0 saturated heterocycles. The van der Waals surface area contributed by atoms with E-state index in [0.29, 0.717) is 17.6 Å². The van der Waals surface area contributed by atoms with E-state index in [1.807, 2.05) is 0 Å². The minimum atomic E-state index is 0. The summed E-state index contributed by atoms with van der Waals surface area (Å²) >= 11 is 16.4. The molecule has 0 aliphatic rings. The number of rotatable bonds is 5. The topological polar surface area (TPSA) is 12.0 Å². The lowest BCUT2D eigenvalue weighted by Crippen LogP contribution is -2.33. The highest BCUT2D eigenvalue weighted by molar-refractivity contribution is 6.21. The van der Waals surface area contributed by atoms with Crippen LogP contribution in [0.1, 0.15) is 0 Å². The van der Waals surface area contributed by atoms with Gasteiger partial charge in [-0.05, 0) is 0 Å². The largest absolute Gasteiger partial charge is 0.310 e. The first kappa shape index (κ1) is 13.7. The molecule has 0 aromatic carbocycles. The summed E-state index contributed by atoms with van der Waals surface area (Å²) in [5.41, 5.74) is 0. The highest BCUT2D eigenvalue weighted by Gasteiger charge is 2.01. The van der Waals surface area contributed by atoms with Crippen LogP contribution in [0.25, 0.3) is 0 Å². The van der Waals surface area contributed by atoms with Gasteiger partial charge in [0.1, 0.15) is 0 Å². The Hall–Kier alpha value is 1.12. The standard InChI is InChI=1S/C5H10Cl3N.ClH/c6-1-2-9-5(3-7)4-8;/h5,9H,1-4H2;1H. The van der Waals surface area contributed by atoms with Crippen LogP contribution in [-0.4, -0.2) is 30.2 Å². The fraction of sp³-hybridized carbons (Fsp3) is 1.00. The van der Waals surface area contributed by atoms with E-state index >= 15 is 0 Å². The van der Waals surface area contributed by atoms with Crippen molar-refractivity contribution in [1.29, 1.82) is 0 Å². The van der Waals surface area contributed by atoms with Gasteiger partial charge in [-0.2, -0.15) is 0 Å². The molecule has 10 heavy (non-hydrogen) atoms. The van der Waals surface area contributed by atoms with Gasteiger partial charge in [-0.1, -0.05) is 0 Å². The molecule has 0 unspecified atom stereocenters. The van der Waals surface area contributed by atoms with Crippen molar-refractivity contribution in [2.45, 2.75) is 6.04 Å². The normalized spacial score (nSPS) is 9.60. The summed E-state index contributed by atoms with van der Waals surface area (Å²) in [6.45, 7) is 0.770. The van der Waals surface area contributed by atoms with E-state index < -0.39 is 0 Å². The van der Waals surface area contributed by atoms with Crippen LogP contribution in [0.4, 0.5) is 0 Å². The molecule has 0 saturated carbocycles. The Morgan fingerprint density at radius 2 is 1.60 bits per heavy atom. The van der Waals surface area contributed by atoms with E-state index in [2.05, 4.69) is 5.32 Å². The van der Waals surface area contributed by atoms with Crippen molar-refractivity contribution in [3.05, 3.63) is 0 Å². The second-order valence-corrected chi connectivity index (χ2v) is 2.64. The van der Waals surface area contributed by atoms with Gasteiger partial charge in [-0.3, -0.25) is 0 Å². The molecule has 0 aromatic rings. The Kier molecular flexibility index (Phi) is 13.9. The number of alkyl halides is 3. The molecule has 1 nitrogen and oxygen atoms in total. The highest BCUT2D eigenvalue weighted by atomic mass is 35.5. The Morgan fingerprint density at radius 3 is 1.90 bits per heavy atom. The summed E-state index contributed by atoms with van der Waals surface area (Å²) < 4.78 is 0. The maximum atomic E-state index is 5.51. The zero-order valence-electron chi connectivity index (χ0n) is 5.45. The maximum absolute atomic E-state index is 5.51. The van der Waals surface area contributed by atoms with Crippen molar-refractivity contribution in [2.24, 2.45) is 0 Å². The van der Waals surface area contributed by atoms with Crippen LogP contribution < -0.4 is 5.32 Å². The van der Waals surface area contributed by atoms with Gasteiger partial charge >= 0.3 is 0 Å². The summed E-state index contributed by atoms with van der Waals surface area (Å²) in [7, 11) is 0. The van der Waals surface area contributed by atoms with E-state index in [4.69, 9.17) is 34.8 Å². The molecule has 0 aliphatic heterocycles. The number of halogens is 4. The van der Waals surface area contributed by atoms with E-state index in [-0.39, 0.29) is 18.4 Å². The molecule has 0 radical (unpaired) electrons. The monoisotopic (exact) mass is 225 g/mol. The van der Waals surface area contributed by atoms with Gasteiger partial charge in [0.25, 0.3) is 0 Å². The number of nitrogens with one attached hydrogen (secondary N) is 1. The van der Waals surface area contributed by atoms with Crippen LogP contribution in [0, 0.1) is 0 Å². The SMILES string of the molecule is Cl.ClCCNC(CCl)CCl.